The summed E-state index contributed by atoms with van der Waals surface area (Å²) >= 11 is 6.27. The number of amides is 1. The van der Waals surface area contributed by atoms with E-state index < -0.39 is 15.9 Å². The smallest absolute Gasteiger partial charge is 0.259 e. The van der Waals surface area contributed by atoms with E-state index >= 15 is 0 Å². The standard InChI is InChI=1S/C24H21ClN2O6S/c1-15-6-7-20-18(12-15)26-24(28)16-13-23(34(29,30)27-8-10-31-11-9-27)22(14-21(16)33-20)32-19-5-3-2-4-17(19)25/h2-7,12-14H,8-11H2,1H3,(H,26,28). The molecular formula is C24H21ClN2O6S. The summed E-state index contributed by atoms with van der Waals surface area (Å²) in [5.41, 5.74) is 1.51. The molecule has 3 aromatic rings. The molecule has 1 fully saturated rings. The van der Waals surface area contributed by atoms with Gasteiger partial charge in [-0.05, 0) is 42.8 Å². The lowest BCUT2D eigenvalue weighted by molar-refractivity contribution is 0.0729. The molecule has 5 rings (SSSR count). The molecule has 2 heterocycles. The number of hydrogen-bond donors (Lipinski definition) is 1. The predicted octanol–water partition coefficient (Wildman–Crippen LogP) is 4.82. The van der Waals surface area contributed by atoms with Crippen molar-refractivity contribution >= 4 is 33.2 Å². The molecule has 0 unspecified atom stereocenters. The zero-order valence-electron chi connectivity index (χ0n) is 18.2. The number of aryl methyl sites for hydroxylation is 1. The molecule has 2 aliphatic rings. The van der Waals surface area contributed by atoms with Crippen LogP contribution < -0.4 is 14.8 Å². The van der Waals surface area contributed by atoms with Crippen molar-refractivity contribution in [1.82, 2.24) is 4.31 Å². The topological polar surface area (TPSA) is 94.2 Å². The van der Waals surface area contributed by atoms with Crippen molar-refractivity contribution in [2.24, 2.45) is 0 Å². The molecule has 0 saturated carbocycles. The molecule has 10 heteroatoms. The van der Waals surface area contributed by atoms with E-state index in [1.165, 1.54) is 16.4 Å². The van der Waals surface area contributed by atoms with Crippen LogP contribution in [0.3, 0.4) is 0 Å². The van der Waals surface area contributed by atoms with Gasteiger partial charge in [-0.3, -0.25) is 4.79 Å². The maximum Gasteiger partial charge on any atom is 0.259 e. The second-order valence-electron chi connectivity index (χ2n) is 7.90. The molecule has 0 radical (unpaired) electrons. The van der Waals surface area contributed by atoms with Crippen molar-refractivity contribution in [1.29, 1.82) is 0 Å². The van der Waals surface area contributed by atoms with Crippen molar-refractivity contribution < 1.29 is 27.4 Å². The number of halogens is 1. The monoisotopic (exact) mass is 500 g/mol. The molecule has 176 valence electrons. The largest absolute Gasteiger partial charge is 0.454 e. The highest BCUT2D eigenvalue weighted by Gasteiger charge is 2.33. The lowest BCUT2D eigenvalue weighted by atomic mass is 10.1. The molecule has 1 N–H and O–H groups in total. The number of anilines is 1. The third-order valence-electron chi connectivity index (χ3n) is 5.54. The average molecular weight is 501 g/mol. The van der Waals surface area contributed by atoms with Crippen LogP contribution >= 0.6 is 11.6 Å². The molecular weight excluding hydrogens is 480 g/mol. The Morgan fingerprint density at radius 1 is 1.00 bits per heavy atom. The first-order chi connectivity index (χ1) is 16.3. The van der Waals surface area contributed by atoms with Crippen LogP contribution in [-0.4, -0.2) is 44.9 Å². The van der Waals surface area contributed by atoms with Crippen LogP contribution in [0, 0.1) is 6.92 Å². The normalized spacial score (nSPS) is 16.0. The Labute approximate surface area is 202 Å². The molecule has 1 saturated heterocycles. The van der Waals surface area contributed by atoms with Crippen LogP contribution in [0.1, 0.15) is 15.9 Å². The average Bonchev–Trinajstić information content (AvgIpc) is 2.95. The Hall–Kier alpha value is -3.11. The molecule has 0 aromatic heterocycles. The van der Waals surface area contributed by atoms with Crippen LogP contribution in [-0.2, 0) is 14.8 Å². The maximum absolute atomic E-state index is 13.6. The van der Waals surface area contributed by atoms with Crippen molar-refractivity contribution in [3.8, 4) is 23.0 Å². The van der Waals surface area contributed by atoms with Gasteiger partial charge in [0.15, 0.2) is 11.5 Å². The third-order valence-corrected chi connectivity index (χ3v) is 7.77. The Balaban J connectivity index is 1.66. The summed E-state index contributed by atoms with van der Waals surface area (Å²) in [6, 6.07) is 14.8. The van der Waals surface area contributed by atoms with Gasteiger partial charge >= 0.3 is 0 Å². The quantitative estimate of drug-likeness (QED) is 0.552. The van der Waals surface area contributed by atoms with Crippen molar-refractivity contribution in [2.75, 3.05) is 31.6 Å². The van der Waals surface area contributed by atoms with Crippen LogP contribution in [0.25, 0.3) is 0 Å². The molecule has 0 spiro atoms. The minimum Gasteiger partial charge on any atom is -0.454 e. The third kappa shape index (κ3) is 4.23. The Bertz CT molecular complexity index is 1390. The van der Waals surface area contributed by atoms with Crippen LogP contribution in [0.4, 0.5) is 5.69 Å². The first-order valence-electron chi connectivity index (χ1n) is 10.6. The molecule has 0 bridgehead atoms. The lowest BCUT2D eigenvalue weighted by Crippen LogP contribution is -2.40. The number of carbonyl (C=O) groups is 1. The zero-order valence-corrected chi connectivity index (χ0v) is 19.8. The van der Waals surface area contributed by atoms with Gasteiger partial charge < -0.3 is 19.5 Å². The van der Waals surface area contributed by atoms with Gasteiger partial charge in [-0.15, -0.1) is 0 Å². The van der Waals surface area contributed by atoms with E-state index in [-0.39, 0.29) is 54.0 Å². The fourth-order valence-corrected chi connectivity index (χ4v) is 5.50. The number of nitrogens with one attached hydrogen (secondary N) is 1. The molecule has 1 amide bonds. The number of carbonyl (C=O) groups excluding carboxylic acids is 1. The van der Waals surface area contributed by atoms with E-state index in [2.05, 4.69) is 5.32 Å². The van der Waals surface area contributed by atoms with Crippen molar-refractivity contribution in [3.63, 3.8) is 0 Å². The Morgan fingerprint density at radius 3 is 2.53 bits per heavy atom. The predicted molar refractivity (Wildman–Crippen MR) is 127 cm³/mol. The summed E-state index contributed by atoms with van der Waals surface area (Å²) in [5, 5.41) is 3.11. The summed E-state index contributed by atoms with van der Waals surface area (Å²) in [6.45, 7) is 2.84. The van der Waals surface area contributed by atoms with E-state index in [0.717, 1.165) is 5.56 Å². The maximum atomic E-state index is 13.6. The highest BCUT2D eigenvalue weighted by Crippen LogP contribution is 2.43. The van der Waals surface area contributed by atoms with E-state index in [1.54, 1.807) is 36.4 Å². The second-order valence-corrected chi connectivity index (χ2v) is 10.2. The van der Waals surface area contributed by atoms with Gasteiger partial charge in [0.25, 0.3) is 5.91 Å². The molecule has 8 nitrogen and oxygen atoms in total. The van der Waals surface area contributed by atoms with E-state index in [4.69, 9.17) is 25.8 Å². The molecule has 0 aliphatic carbocycles. The number of morpholine rings is 1. The fourth-order valence-electron chi connectivity index (χ4n) is 3.80. The van der Waals surface area contributed by atoms with Crippen molar-refractivity contribution in [2.45, 2.75) is 11.8 Å². The summed E-state index contributed by atoms with van der Waals surface area (Å²) in [4.78, 5) is 12.9. The number of nitrogens with zero attached hydrogens (tertiary/aromatic N) is 1. The number of rotatable bonds is 4. The van der Waals surface area contributed by atoms with Gasteiger partial charge in [-0.2, -0.15) is 4.31 Å². The SMILES string of the molecule is Cc1ccc2c(c1)NC(=O)c1cc(S(=O)(=O)N3CCOCC3)c(Oc3ccccc3Cl)cc1O2. The van der Waals surface area contributed by atoms with Crippen LogP contribution in [0.5, 0.6) is 23.0 Å². The Kier molecular flexibility index (Phi) is 5.95. The summed E-state index contributed by atoms with van der Waals surface area (Å²) < 4.78 is 45.8. The van der Waals surface area contributed by atoms with Crippen LogP contribution in [0.15, 0.2) is 59.5 Å². The minimum atomic E-state index is -4.02. The van der Waals surface area contributed by atoms with Gasteiger partial charge in [0.1, 0.15) is 16.4 Å². The number of ether oxygens (including phenoxy) is 3. The molecule has 2 aliphatic heterocycles. The number of para-hydroxylation sites is 1. The van der Waals surface area contributed by atoms with E-state index in [0.29, 0.717) is 16.5 Å². The number of hydrogen-bond acceptors (Lipinski definition) is 6. The highest BCUT2D eigenvalue weighted by atomic mass is 35.5. The van der Waals surface area contributed by atoms with Crippen LogP contribution in [0.2, 0.25) is 5.02 Å². The minimum absolute atomic E-state index is 0.00158. The fraction of sp³-hybridized carbons (Fsp3) is 0.208. The zero-order chi connectivity index (χ0) is 23.9. The van der Waals surface area contributed by atoms with Crippen molar-refractivity contribution in [3.05, 3.63) is 70.7 Å². The summed E-state index contributed by atoms with van der Waals surface area (Å²) in [6.07, 6.45) is 0. The van der Waals surface area contributed by atoms with Gasteiger partial charge in [-0.25, -0.2) is 8.42 Å². The highest BCUT2D eigenvalue weighted by molar-refractivity contribution is 7.89. The number of fused-ring (bicyclic) bond motifs is 2. The second kappa shape index (κ2) is 8.92. The first-order valence-corrected chi connectivity index (χ1v) is 12.4. The lowest BCUT2D eigenvalue weighted by Gasteiger charge is -2.27. The first kappa shape index (κ1) is 22.7. The molecule has 0 atom stereocenters. The molecule has 34 heavy (non-hydrogen) atoms. The van der Waals surface area contributed by atoms with E-state index in [9.17, 15) is 13.2 Å². The summed E-state index contributed by atoms with van der Waals surface area (Å²) in [7, 11) is -4.02. The van der Waals surface area contributed by atoms with Gasteiger partial charge in [0.2, 0.25) is 10.0 Å². The van der Waals surface area contributed by atoms with Gasteiger partial charge in [-0.1, -0.05) is 29.8 Å². The van der Waals surface area contributed by atoms with Gasteiger partial charge in [0.05, 0.1) is 29.5 Å². The Morgan fingerprint density at radius 2 is 1.76 bits per heavy atom. The number of sulfonamides is 1. The van der Waals surface area contributed by atoms with Gasteiger partial charge in [0, 0.05) is 19.2 Å². The van der Waals surface area contributed by atoms with E-state index in [1.807, 2.05) is 13.0 Å². The molecule has 3 aromatic carbocycles. The number of benzene rings is 3. The summed E-state index contributed by atoms with van der Waals surface area (Å²) in [5.74, 6) is 0.397.